The van der Waals surface area contributed by atoms with E-state index in [-0.39, 0.29) is 24.3 Å². The molecule has 0 saturated heterocycles. The Morgan fingerprint density at radius 1 is 1.29 bits per heavy atom. The molecular formula is C20H16FN3O4. The van der Waals surface area contributed by atoms with E-state index >= 15 is 0 Å². The highest BCUT2D eigenvalue weighted by atomic mass is 19.1. The summed E-state index contributed by atoms with van der Waals surface area (Å²) in [5.41, 5.74) is 2.18. The van der Waals surface area contributed by atoms with Gasteiger partial charge in [0, 0.05) is 24.4 Å². The zero-order valence-corrected chi connectivity index (χ0v) is 14.9. The molecule has 0 saturated carbocycles. The smallest absolute Gasteiger partial charge is 0.314 e. The van der Waals surface area contributed by atoms with Crippen molar-refractivity contribution in [2.24, 2.45) is 0 Å². The molecular weight excluding hydrogens is 365 g/mol. The average molecular weight is 381 g/mol. The highest BCUT2D eigenvalue weighted by molar-refractivity contribution is 5.99. The molecule has 0 radical (unpaired) electrons. The summed E-state index contributed by atoms with van der Waals surface area (Å²) in [7, 11) is 0. The van der Waals surface area contributed by atoms with E-state index in [1.165, 1.54) is 28.7 Å². The molecule has 0 spiro atoms. The number of carbonyl (C=O) groups excluding carboxylic acids is 2. The zero-order chi connectivity index (χ0) is 19.8. The number of nitrogens with zero attached hydrogens (tertiary/aromatic N) is 2. The van der Waals surface area contributed by atoms with Crippen molar-refractivity contribution >= 4 is 23.2 Å². The fourth-order valence-electron chi connectivity index (χ4n) is 3.22. The number of esters is 1. The lowest BCUT2D eigenvalue weighted by Gasteiger charge is -2.24. The second-order valence-electron chi connectivity index (χ2n) is 6.66. The molecule has 0 bridgehead atoms. The van der Waals surface area contributed by atoms with Gasteiger partial charge in [0.25, 0.3) is 5.56 Å². The minimum absolute atomic E-state index is 0.0928. The molecule has 1 amide bonds. The third-order valence-electron chi connectivity index (χ3n) is 4.58. The van der Waals surface area contributed by atoms with Crippen molar-refractivity contribution in [3.63, 3.8) is 0 Å². The number of fused-ring (bicyclic) bond motifs is 2. The summed E-state index contributed by atoms with van der Waals surface area (Å²) in [5, 5.41) is 2.55. The number of hydrogen-bond acceptors (Lipinski definition) is 5. The van der Waals surface area contributed by atoms with E-state index < -0.39 is 23.6 Å². The second kappa shape index (κ2) is 6.88. The predicted octanol–water partition coefficient (Wildman–Crippen LogP) is 2.31. The van der Waals surface area contributed by atoms with Gasteiger partial charge in [-0.1, -0.05) is 6.07 Å². The monoisotopic (exact) mass is 381 g/mol. The van der Waals surface area contributed by atoms with Crippen molar-refractivity contribution in [2.75, 3.05) is 5.32 Å². The molecule has 0 aliphatic carbocycles. The van der Waals surface area contributed by atoms with Crippen LogP contribution in [0.1, 0.15) is 29.2 Å². The maximum atomic E-state index is 13.4. The molecule has 3 aromatic rings. The number of aromatic nitrogens is 2. The van der Waals surface area contributed by atoms with Gasteiger partial charge in [-0.2, -0.15) is 0 Å². The molecule has 8 heteroatoms. The van der Waals surface area contributed by atoms with Crippen LogP contribution in [0.25, 0.3) is 5.65 Å². The maximum Gasteiger partial charge on any atom is 0.314 e. The topological polar surface area (TPSA) is 89.8 Å². The lowest BCUT2D eigenvalue weighted by atomic mass is 9.90. The quantitative estimate of drug-likeness (QED) is 0.703. The van der Waals surface area contributed by atoms with E-state index in [4.69, 9.17) is 4.74 Å². The van der Waals surface area contributed by atoms with Crippen LogP contribution in [0.15, 0.2) is 47.4 Å². The Morgan fingerprint density at radius 2 is 2.11 bits per heavy atom. The largest absolute Gasteiger partial charge is 0.459 e. The summed E-state index contributed by atoms with van der Waals surface area (Å²) in [5.74, 6) is -2.37. The molecule has 1 unspecified atom stereocenters. The van der Waals surface area contributed by atoms with Crippen molar-refractivity contribution in [1.82, 2.24) is 9.38 Å². The molecule has 1 atom stereocenters. The third-order valence-corrected chi connectivity index (χ3v) is 4.58. The van der Waals surface area contributed by atoms with Gasteiger partial charge in [-0.25, -0.2) is 9.37 Å². The van der Waals surface area contributed by atoms with Crippen LogP contribution in [-0.2, 0) is 20.9 Å². The van der Waals surface area contributed by atoms with E-state index in [1.54, 1.807) is 18.3 Å². The zero-order valence-electron chi connectivity index (χ0n) is 14.9. The number of pyridine rings is 1. The van der Waals surface area contributed by atoms with Gasteiger partial charge in [-0.3, -0.25) is 18.8 Å². The van der Waals surface area contributed by atoms with Gasteiger partial charge in [0.1, 0.15) is 18.1 Å². The number of aryl methyl sites for hydroxylation is 1. The maximum absolute atomic E-state index is 13.4. The van der Waals surface area contributed by atoms with Crippen molar-refractivity contribution in [3.05, 3.63) is 75.6 Å². The van der Waals surface area contributed by atoms with Crippen molar-refractivity contribution in [3.8, 4) is 0 Å². The first-order valence-corrected chi connectivity index (χ1v) is 8.65. The normalized spacial score (nSPS) is 15.8. The minimum Gasteiger partial charge on any atom is -0.459 e. The standard InChI is InChI=1S/C20H16FN3O4/c1-11-4-5-24-17(6-11)22-13(8-19(24)26)10-28-20(27)15-9-18(25)23-16-7-12(21)2-3-14(15)16/h2-8,15H,9-10H2,1H3,(H,23,25). The Bertz CT molecular complexity index is 1170. The number of halogens is 1. The summed E-state index contributed by atoms with van der Waals surface area (Å²) in [6.45, 7) is 1.68. The summed E-state index contributed by atoms with van der Waals surface area (Å²) in [4.78, 5) is 40.9. The molecule has 2 aromatic heterocycles. The molecule has 3 heterocycles. The summed E-state index contributed by atoms with van der Waals surface area (Å²) >= 11 is 0. The number of ether oxygens (including phenoxy) is 1. The Labute approximate surface area is 158 Å². The lowest BCUT2D eigenvalue weighted by Crippen LogP contribution is -2.28. The molecule has 1 aromatic carbocycles. The van der Waals surface area contributed by atoms with Crippen molar-refractivity contribution in [2.45, 2.75) is 25.9 Å². The molecule has 4 rings (SSSR count). The summed E-state index contributed by atoms with van der Waals surface area (Å²) in [6.07, 6.45) is 1.54. The number of anilines is 1. The van der Waals surface area contributed by atoms with Gasteiger partial charge in [0.2, 0.25) is 5.91 Å². The highest BCUT2D eigenvalue weighted by Crippen LogP contribution is 2.33. The van der Waals surface area contributed by atoms with Crippen molar-refractivity contribution in [1.29, 1.82) is 0 Å². The average Bonchev–Trinajstić information content (AvgIpc) is 2.64. The Morgan fingerprint density at radius 3 is 2.93 bits per heavy atom. The van der Waals surface area contributed by atoms with E-state index in [2.05, 4.69) is 10.3 Å². The van der Waals surface area contributed by atoms with Crippen molar-refractivity contribution < 1.29 is 18.7 Å². The molecule has 1 aliphatic heterocycles. The SMILES string of the molecule is Cc1ccn2c(=O)cc(COC(=O)C3CC(=O)Nc4cc(F)ccc43)nc2c1. The van der Waals surface area contributed by atoms with E-state index in [9.17, 15) is 18.8 Å². The predicted molar refractivity (Wildman–Crippen MR) is 98.4 cm³/mol. The molecule has 1 aliphatic rings. The van der Waals surface area contributed by atoms with Gasteiger partial charge in [0.05, 0.1) is 11.6 Å². The highest BCUT2D eigenvalue weighted by Gasteiger charge is 2.32. The third kappa shape index (κ3) is 3.36. The first kappa shape index (κ1) is 17.8. The molecule has 7 nitrogen and oxygen atoms in total. The van der Waals surface area contributed by atoms with Crippen LogP contribution in [0.4, 0.5) is 10.1 Å². The molecule has 0 fully saturated rings. The minimum atomic E-state index is -0.840. The molecule has 142 valence electrons. The van der Waals surface area contributed by atoms with Gasteiger partial charge < -0.3 is 10.1 Å². The lowest BCUT2D eigenvalue weighted by molar-refractivity contribution is -0.148. The fourth-order valence-corrected chi connectivity index (χ4v) is 3.22. The Hall–Kier alpha value is -3.55. The number of nitrogens with one attached hydrogen (secondary N) is 1. The summed E-state index contributed by atoms with van der Waals surface area (Å²) in [6, 6.07) is 8.70. The summed E-state index contributed by atoms with van der Waals surface area (Å²) < 4.78 is 20.1. The fraction of sp³-hybridized carbons (Fsp3) is 0.200. The van der Waals surface area contributed by atoms with Crippen LogP contribution in [0, 0.1) is 12.7 Å². The van der Waals surface area contributed by atoms with Gasteiger partial charge in [-0.05, 0) is 42.3 Å². The van der Waals surface area contributed by atoms with E-state index in [0.717, 1.165) is 5.56 Å². The van der Waals surface area contributed by atoms with E-state index in [0.29, 0.717) is 16.9 Å². The number of carbonyl (C=O) groups is 2. The Balaban J connectivity index is 1.56. The second-order valence-corrected chi connectivity index (χ2v) is 6.66. The van der Waals surface area contributed by atoms with Gasteiger partial charge >= 0.3 is 5.97 Å². The van der Waals surface area contributed by atoms with Gasteiger partial charge in [0.15, 0.2) is 0 Å². The Kier molecular flexibility index (Phi) is 4.38. The van der Waals surface area contributed by atoms with Crippen LogP contribution in [0.3, 0.4) is 0 Å². The van der Waals surface area contributed by atoms with Crippen LogP contribution in [0.5, 0.6) is 0 Å². The van der Waals surface area contributed by atoms with Crippen LogP contribution >= 0.6 is 0 Å². The van der Waals surface area contributed by atoms with Crippen LogP contribution in [0.2, 0.25) is 0 Å². The first-order chi connectivity index (χ1) is 13.4. The first-order valence-electron chi connectivity index (χ1n) is 8.65. The molecule has 28 heavy (non-hydrogen) atoms. The number of benzene rings is 1. The van der Waals surface area contributed by atoms with E-state index in [1.807, 2.05) is 6.92 Å². The number of hydrogen-bond donors (Lipinski definition) is 1. The van der Waals surface area contributed by atoms with Crippen LogP contribution in [-0.4, -0.2) is 21.3 Å². The number of rotatable bonds is 3. The van der Waals surface area contributed by atoms with Crippen LogP contribution < -0.4 is 10.9 Å². The molecule has 1 N–H and O–H groups in total. The van der Waals surface area contributed by atoms with Gasteiger partial charge in [-0.15, -0.1) is 0 Å². The number of amides is 1.